The van der Waals surface area contributed by atoms with Crippen molar-refractivity contribution in [3.05, 3.63) is 54.6 Å². The number of benzene rings is 2. The number of amides is 1. The Hall–Kier alpha value is -3.81. The summed E-state index contributed by atoms with van der Waals surface area (Å²) >= 11 is 0. The predicted octanol–water partition coefficient (Wildman–Crippen LogP) is 3.78. The molecular formula is C25H26N4O4. The van der Waals surface area contributed by atoms with Gasteiger partial charge in [0, 0.05) is 36.3 Å². The SMILES string of the molecule is COc1ccccc1-c1ccc(N2CCC(C(=O)Nc3ccc4c(c3)OCCO4)CC2)nn1. The second-order valence-corrected chi connectivity index (χ2v) is 8.09. The Morgan fingerprint density at radius 1 is 1.00 bits per heavy atom. The molecule has 33 heavy (non-hydrogen) atoms. The zero-order chi connectivity index (χ0) is 22.6. The van der Waals surface area contributed by atoms with Crippen LogP contribution in [0.15, 0.2) is 54.6 Å². The summed E-state index contributed by atoms with van der Waals surface area (Å²) in [6.45, 7) is 2.57. The number of rotatable bonds is 5. The lowest BCUT2D eigenvalue weighted by atomic mass is 9.95. The maximum absolute atomic E-state index is 12.8. The van der Waals surface area contributed by atoms with E-state index >= 15 is 0 Å². The molecule has 0 saturated carbocycles. The van der Waals surface area contributed by atoms with Gasteiger partial charge in [0.15, 0.2) is 17.3 Å². The molecule has 0 aliphatic carbocycles. The molecule has 3 aromatic rings. The van der Waals surface area contributed by atoms with E-state index in [0.717, 1.165) is 54.4 Å². The number of aromatic nitrogens is 2. The number of hydrogen-bond acceptors (Lipinski definition) is 7. The van der Waals surface area contributed by atoms with Crippen LogP contribution in [-0.2, 0) is 4.79 Å². The van der Waals surface area contributed by atoms with Gasteiger partial charge >= 0.3 is 0 Å². The summed E-state index contributed by atoms with van der Waals surface area (Å²) in [5.74, 6) is 2.96. The number of nitrogens with one attached hydrogen (secondary N) is 1. The maximum atomic E-state index is 12.8. The van der Waals surface area contributed by atoms with E-state index in [1.165, 1.54) is 0 Å². The molecule has 1 aromatic heterocycles. The number of carbonyl (C=O) groups is 1. The summed E-state index contributed by atoms with van der Waals surface area (Å²) in [5.41, 5.74) is 2.41. The lowest BCUT2D eigenvalue weighted by Crippen LogP contribution is -2.38. The first-order chi connectivity index (χ1) is 16.2. The van der Waals surface area contributed by atoms with E-state index in [2.05, 4.69) is 20.4 Å². The number of hydrogen-bond donors (Lipinski definition) is 1. The number of piperidine rings is 1. The molecule has 170 valence electrons. The first-order valence-corrected chi connectivity index (χ1v) is 11.1. The molecule has 0 atom stereocenters. The topological polar surface area (TPSA) is 85.8 Å². The smallest absolute Gasteiger partial charge is 0.227 e. The molecule has 8 heteroatoms. The summed E-state index contributed by atoms with van der Waals surface area (Å²) in [4.78, 5) is 15.0. The monoisotopic (exact) mass is 446 g/mol. The van der Waals surface area contributed by atoms with Crippen molar-refractivity contribution < 1.29 is 19.0 Å². The number of nitrogens with zero attached hydrogens (tertiary/aromatic N) is 3. The lowest BCUT2D eigenvalue weighted by molar-refractivity contribution is -0.120. The molecule has 8 nitrogen and oxygen atoms in total. The van der Waals surface area contributed by atoms with Gasteiger partial charge in [-0.05, 0) is 49.2 Å². The zero-order valence-electron chi connectivity index (χ0n) is 18.5. The third-order valence-electron chi connectivity index (χ3n) is 6.03. The van der Waals surface area contributed by atoms with Gasteiger partial charge in [-0.25, -0.2) is 0 Å². The second kappa shape index (κ2) is 9.36. The van der Waals surface area contributed by atoms with Gasteiger partial charge in [-0.15, -0.1) is 10.2 Å². The number of anilines is 2. The second-order valence-electron chi connectivity index (χ2n) is 8.09. The van der Waals surface area contributed by atoms with E-state index in [-0.39, 0.29) is 11.8 Å². The van der Waals surface area contributed by atoms with E-state index in [1.807, 2.05) is 54.6 Å². The van der Waals surface area contributed by atoms with Gasteiger partial charge in [0.2, 0.25) is 5.91 Å². The molecule has 0 spiro atoms. The molecule has 5 rings (SSSR count). The Labute approximate surface area is 192 Å². The molecular weight excluding hydrogens is 420 g/mol. The number of carbonyl (C=O) groups excluding carboxylic acids is 1. The highest BCUT2D eigenvalue weighted by atomic mass is 16.6. The molecule has 1 amide bonds. The van der Waals surface area contributed by atoms with Crippen molar-refractivity contribution in [2.75, 3.05) is 43.6 Å². The van der Waals surface area contributed by atoms with Crippen LogP contribution in [0.5, 0.6) is 17.2 Å². The average molecular weight is 447 g/mol. The van der Waals surface area contributed by atoms with E-state index in [0.29, 0.717) is 24.7 Å². The summed E-state index contributed by atoms with van der Waals surface area (Å²) in [6.07, 6.45) is 1.51. The van der Waals surface area contributed by atoms with Crippen molar-refractivity contribution in [2.45, 2.75) is 12.8 Å². The number of fused-ring (bicyclic) bond motifs is 1. The minimum Gasteiger partial charge on any atom is -0.496 e. The van der Waals surface area contributed by atoms with Crippen LogP contribution in [0.1, 0.15) is 12.8 Å². The Morgan fingerprint density at radius 2 is 1.79 bits per heavy atom. The minimum absolute atomic E-state index is 0.0314. The zero-order valence-corrected chi connectivity index (χ0v) is 18.5. The molecule has 1 N–H and O–H groups in total. The van der Waals surface area contributed by atoms with Crippen LogP contribution < -0.4 is 24.4 Å². The van der Waals surface area contributed by atoms with Crippen molar-refractivity contribution in [1.82, 2.24) is 10.2 Å². The first kappa shape index (κ1) is 21.1. The minimum atomic E-state index is -0.0461. The Balaban J connectivity index is 1.18. The van der Waals surface area contributed by atoms with Crippen LogP contribution in [0.3, 0.4) is 0 Å². The molecule has 2 aliphatic rings. The van der Waals surface area contributed by atoms with E-state index < -0.39 is 0 Å². The molecule has 1 fully saturated rings. The molecule has 3 heterocycles. The Kier molecular flexibility index (Phi) is 5.97. The fourth-order valence-corrected chi connectivity index (χ4v) is 4.23. The Morgan fingerprint density at radius 3 is 2.55 bits per heavy atom. The van der Waals surface area contributed by atoms with Gasteiger partial charge in [-0.2, -0.15) is 0 Å². The predicted molar refractivity (Wildman–Crippen MR) is 125 cm³/mol. The maximum Gasteiger partial charge on any atom is 0.227 e. The van der Waals surface area contributed by atoms with Gasteiger partial charge in [0.25, 0.3) is 0 Å². The molecule has 0 bridgehead atoms. The fourth-order valence-electron chi connectivity index (χ4n) is 4.23. The molecule has 2 aliphatic heterocycles. The van der Waals surface area contributed by atoms with E-state index in [1.54, 1.807) is 7.11 Å². The quantitative estimate of drug-likeness (QED) is 0.638. The van der Waals surface area contributed by atoms with Crippen LogP contribution in [0.4, 0.5) is 11.5 Å². The normalized spacial score (nSPS) is 15.7. The first-order valence-electron chi connectivity index (χ1n) is 11.1. The highest BCUT2D eigenvalue weighted by molar-refractivity contribution is 5.93. The van der Waals surface area contributed by atoms with E-state index in [9.17, 15) is 4.79 Å². The van der Waals surface area contributed by atoms with Crippen LogP contribution in [0.25, 0.3) is 11.3 Å². The fraction of sp³-hybridized carbons (Fsp3) is 0.320. The third-order valence-corrected chi connectivity index (χ3v) is 6.03. The summed E-state index contributed by atoms with van der Waals surface area (Å²) in [7, 11) is 1.65. The largest absolute Gasteiger partial charge is 0.496 e. The highest BCUT2D eigenvalue weighted by Gasteiger charge is 2.26. The number of methoxy groups -OCH3 is 1. The summed E-state index contributed by atoms with van der Waals surface area (Å²) < 4.78 is 16.6. The average Bonchev–Trinajstić information content (AvgIpc) is 2.89. The van der Waals surface area contributed by atoms with Crippen molar-refractivity contribution in [2.24, 2.45) is 5.92 Å². The number of para-hydroxylation sites is 1. The van der Waals surface area contributed by atoms with Crippen LogP contribution in [0, 0.1) is 5.92 Å². The van der Waals surface area contributed by atoms with Gasteiger partial charge in [0.05, 0.1) is 12.8 Å². The van der Waals surface area contributed by atoms with Gasteiger partial charge in [-0.3, -0.25) is 4.79 Å². The van der Waals surface area contributed by atoms with Crippen molar-refractivity contribution in [3.8, 4) is 28.5 Å². The van der Waals surface area contributed by atoms with Crippen molar-refractivity contribution >= 4 is 17.4 Å². The van der Waals surface area contributed by atoms with Gasteiger partial charge < -0.3 is 24.4 Å². The Bertz CT molecular complexity index is 1130. The van der Waals surface area contributed by atoms with Gasteiger partial charge in [-0.1, -0.05) is 12.1 Å². The van der Waals surface area contributed by atoms with Crippen molar-refractivity contribution in [1.29, 1.82) is 0 Å². The lowest BCUT2D eigenvalue weighted by Gasteiger charge is -2.32. The highest BCUT2D eigenvalue weighted by Crippen LogP contribution is 2.33. The van der Waals surface area contributed by atoms with Crippen LogP contribution in [-0.4, -0.2) is 49.5 Å². The molecule has 1 saturated heterocycles. The summed E-state index contributed by atoms with van der Waals surface area (Å²) in [5, 5.41) is 11.9. The number of ether oxygens (including phenoxy) is 3. The third kappa shape index (κ3) is 4.55. The van der Waals surface area contributed by atoms with Crippen LogP contribution >= 0.6 is 0 Å². The standard InChI is InChI=1S/C25H26N4O4/c1-31-21-5-3-2-4-19(21)20-7-9-24(28-27-20)29-12-10-17(11-13-29)25(30)26-18-6-8-22-23(16-18)33-15-14-32-22/h2-9,16-17H,10-15H2,1H3,(H,26,30). The molecule has 0 unspecified atom stereocenters. The summed E-state index contributed by atoms with van der Waals surface area (Å²) in [6, 6.07) is 17.2. The van der Waals surface area contributed by atoms with Crippen molar-refractivity contribution in [3.63, 3.8) is 0 Å². The van der Waals surface area contributed by atoms with Gasteiger partial charge in [0.1, 0.15) is 19.0 Å². The van der Waals surface area contributed by atoms with Crippen LogP contribution in [0.2, 0.25) is 0 Å². The molecule has 2 aromatic carbocycles. The molecule has 0 radical (unpaired) electrons. The van der Waals surface area contributed by atoms with E-state index in [4.69, 9.17) is 14.2 Å².